The zero-order valence-corrected chi connectivity index (χ0v) is 8.52. The van der Waals surface area contributed by atoms with Crippen molar-refractivity contribution in [1.29, 1.82) is 0 Å². The van der Waals surface area contributed by atoms with Crippen molar-refractivity contribution in [1.82, 2.24) is 0 Å². The normalized spacial score (nSPS) is 14.1. The topological polar surface area (TPSA) is 46.5 Å². The summed E-state index contributed by atoms with van der Waals surface area (Å²) in [4.78, 5) is 10.7. The van der Waals surface area contributed by atoms with Crippen LogP contribution < -0.4 is 0 Å². The molecule has 0 aliphatic rings. The molecule has 0 aromatic heterocycles. The van der Waals surface area contributed by atoms with E-state index in [-0.39, 0.29) is 6.42 Å². The lowest BCUT2D eigenvalue weighted by atomic mass is 10.1. The SMILES string of the molecule is CCC(Cl)(Cl)[C@H](O)CC(=O)OC. The fourth-order valence-electron chi connectivity index (χ4n) is 0.626. The van der Waals surface area contributed by atoms with Gasteiger partial charge in [0.05, 0.1) is 19.6 Å². The van der Waals surface area contributed by atoms with Crippen molar-refractivity contribution in [2.24, 2.45) is 0 Å². The van der Waals surface area contributed by atoms with Crippen LogP contribution in [0.15, 0.2) is 0 Å². The Bertz CT molecular complexity index is 159. The molecule has 0 spiro atoms. The average molecular weight is 215 g/mol. The Morgan fingerprint density at radius 2 is 2.17 bits per heavy atom. The molecule has 0 saturated heterocycles. The van der Waals surface area contributed by atoms with Crippen LogP contribution in [0.2, 0.25) is 0 Å². The van der Waals surface area contributed by atoms with Crippen molar-refractivity contribution >= 4 is 29.2 Å². The number of hydrogen-bond donors (Lipinski definition) is 1. The van der Waals surface area contributed by atoms with Crippen molar-refractivity contribution in [3.05, 3.63) is 0 Å². The standard InChI is InChI=1S/C7H12Cl2O3/c1-3-7(8,9)5(10)4-6(11)12-2/h5,10H,3-4H2,1-2H3/t5-/m1/s1. The van der Waals surface area contributed by atoms with Crippen molar-refractivity contribution in [3.8, 4) is 0 Å². The van der Waals surface area contributed by atoms with Crippen molar-refractivity contribution in [2.75, 3.05) is 7.11 Å². The number of alkyl halides is 2. The molecule has 0 radical (unpaired) electrons. The minimum absolute atomic E-state index is 0.183. The summed E-state index contributed by atoms with van der Waals surface area (Å²) in [6.45, 7) is 1.72. The molecule has 12 heavy (non-hydrogen) atoms. The number of carbonyl (C=O) groups is 1. The second-order valence-corrected chi connectivity index (χ2v) is 3.95. The molecular formula is C7H12Cl2O3. The van der Waals surface area contributed by atoms with Crippen LogP contribution in [0.1, 0.15) is 19.8 Å². The summed E-state index contributed by atoms with van der Waals surface area (Å²) in [5, 5.41) is 9.31. The van der Waals surface area contributed by atoms with Crippen LogP contribution >= 0.6 is 23.2 Å². The Kier molecular flexibility index (Phi) is 4.90. The van der Waals surface area contributed by atoms with E-state index in [1.165, 1.54) is 7.11 Å². The fourth-order valence-corrected chi connectivity index (χ4v) is 0.780. The molecular weight excluding hydrogens is 203 g/mol. The fraction of sp³-hybridized carbons (Fsp3) is 0.857. The first kappa shape index (κ1) is 12.0. The monoisotopic (exact) mass is 214 g/mol. The number of aliphatic hydroxyl groups excluding tert-OH is 1. The first-order chi connectivity index (χ1) is 5.44. The van der Waals surface area contributed by atoms with Gasteiger partial charge in [-0.2, -0.15) is 0 Å². The maximum atomic E-state index is 10.7. The van der Waals surface area contributed by atoms with Crippen molar-refractivity contribution in [3.63, 3.8) is 0 Å². The lowest BCUT2D eigenvalue weighted by molar-refractivity contribution is -0.143. The Hall–Kier alpha value is 0.01000. The molecule has 0 aromatic rings. The summed E-state index contributed by atoms with van der Waals surface area (Å²) in [5.41, 5.74) is 0. The molecule has 0 saturated carbocycles. The predicted octanol–water partition coefficient (Wildman–Crippen LogP) is 1.49. The van der Waals surface area contributed by atoms with Gasteiger partial charge in [-0.3, -0.25) is 4.79 Å². The summed E-state index contributed by atoms with van der Waals surface area (Å²) < 4.78 is 3.07. The van der Waals surface area contributed by atoms with Gasteiger partial charge in [0.1, 0.15) is 4.33 Å². The van der Waals surface area contributed by atoms with E-state index in [9.17, 15) is 9.90 Å². The maximum Gasteiger partial charge on any atom is 0.308 e. The smallest absolute Gasteiger partial charge is 0.308 e. The minimum Gasteiger partial charge on any atom is -0.469 e. The number of methoxy groups -OCH3 is 1. The molecule has 1 atom stereocenters. The summed E-state index contributed by atoms with van der Waals surface area (Å²) in [6.07, 6.45) is -0.899. The number of halogens is 2. The van der Waals surface area contributed by atoms with E-state index in [0.717, 1.165) is 0 Å². The van der Waals surface area contributed by atoms with Gasteiger partial charge >= 0.3 is 5.97 Å². The van der Waals surface area contributed by atoms with Crippen molar-refractivity contribution in [2.45, 2.75) is 30.2 Å². The van der Waals surface area contributed by atoms with Crippen LogP contribution in [0.5, 0.6) is 0 Å². The molecule has 72 valence electrons. The van der Waals surface area contributed by atoms with Crippen molar-refractivity contribution < 1.29 is 14.6 Å². The lowest BCUT2D eigenvalue weighted by Gasteiger charge is -2.22. The van der Waals surface area contributed by atoms with Crippen LogP contribution in [0.3, 0.4) is 0 Å². The molecule has 5 heteroatoms. The highest BCUT2D eigenvalue weighted by Crippen LogP contribution is 2.30. The Labute approximate surface area is 81.6 Å². The number of aliphatic hydroxyl groups is 1. The van der Waals surface area contributed by atoms with Crippen LogP contribution in [-0.2, 0) is 9.53 Å². The van der Waals surface area contributed by atoms with E-state index in [1.807, 2.05) is 0 Å². The molecule has 3 nitrogen and oxygen atoms in total. The lowest BCUT2D eigenvalue weighted by Crippen LogP contribution is -2.32. The van der Waals surface area contributed by atoms with Crippen LogP contribution in [0, 0.1) is 0 Å². The van der Waals surface area contributed by atoms with E-state index in [4.69, 9.17) is 23.2 Å². The molecule has 0 bridgehead atoms. The van der Waals surface area contributed by atoms with Gasteiger partial charge in [-0.15, -0.1) is 0 Å². The van der Waals surface area contributed by atoms with Gasteiger partial charge in [-0.05, 0) is 6.42 Å². The summed E-state index contributed by atoms with van der Waals surface area (Å²) in [7, 11) is 1.24. The molecule has 0 fully saturated rings. The van der Waals surface area contributed by atoms with Gasteiger partial charge < -0.3 is 9.84 Å². The highest BCUT2D eigenvalue weighted by atomic mass is 35.5. The summed E-state index contributed by atoms with van der Waals surface area (Å²) in [6, 6.07) is 0. The second kappa shape index (κ2) is 4.90. The Morgan fingerprint density at radius 3 is 2.50 bits per heavy atom. The molecule has 0 unspecified atom stereocenters. The molecule has 0 heterocycles. The van der Waals surface area contributed by atoms with Gasteiger partial charge in [-0.25, -0.2) is 0 Å². The molecule has 0 aliphatic carbocycles. The minimum atomic E-state index is -1.27. The number of ether oxygens (including phenoxy) is 1. The highest BCUT2D eigenvalue weighted by molar-refractivity contribution is 6.48. The maximum absolute atomic E-state index is 10.7. The number of hydrogen-bond acceptors (Lipinski definition) is 3. The van der Waals surface area contributed by atoms with Gasteiger partial charge in [0, 0.05) is 0 Å². The van der Waals surface area contributed by atoms with Gasteiger partial charge in [0.25, 0.3) is 0 Å². The van der Waals surface area contributed by atoms with Crippen LogP contribution in [0.25, 0.3) is 0 Å². The third-order valence-corrected chi connectivity index (χ3v) is 2.58. The average Bonchev–Trinajstić information content (AvgIpc) is 2.04. The largest absolute Gasteiger partial charge is 0.469 e. The first-order valence-electron chi connectivity index (χ1n) is 3.56. The van der Waals surface area contributed by atoms with E-state index < -0.39 is 16.4 Å². The Morgan fingerprint density at radius 1 is 1.67 bits per heavy atom. The van der Waals surface area contributed by atoms with E-state index >= 15 is 0 Å². The molecule has 0 rings (SSSR count). The quantitative estimate of drug-likeness (QED) is 0.570. The van der Waals surface area contributed by atoms with E-state index in [2.05, 4.69) is 4.74 Å². The zero-order valence-electron chi connectivity index (χ0n) is 7.01. The highest BCUT2D eigenvalue weighted by Gasteiger charge is 2.33. The second-order valence-electron chi connectivity index (χ2n) is 2.41. The molecule has 0 aromatic carbocycles. The molecule has 0 aliphatic heterocycles. The van der Waals surface area contributed by atoms with Gasteiger partial charge in [-0.1, -0.05) is 30.1 Å². The molecule has 1 N–H and O–H groups in total. The summed E-state index contributed by atoms with van der Waals surface area (Å²) >= 11 is 11.4. The summed E-state index contributed by atoms with van der Waals surface area (Å²) in [5.74, 6) is -0.526. The zero-order chi connectivity index (χ0) is 9.78. The third kappa shape index (κ3) is 3.61. The van der Waals surface area contributed by atoms with E-state index in [0.29, 0.717) is 6.42 Å². The van der Waals surface area contributed by atoms with Crippen LogP contribution in [0.4, 0.5) is 0 Å². The van der Waals surface area contributed by atoms with Gasteiger partial charge in [0.15, 0.2) is 0 Å². The first-order valence-corrected chi connectivity index (χ1v) is 4.32. The van der Waals surface area contributed by atoms with E-state index in [1.54, 1.807) is 6.92 Å². The third-order valence-electron chi connectivity index (χ3n) is 1.55. The van der Waals surface area contributed by atoms with Gasteiger partial charge in [0.2, 0.25) is 0 Å². The molecule has 0 amide bonds. The number of esters is 1. The van der Waals surface area contributed by atoms with Crippen LogP contribution in [-0.4, -0.2) is 28.6 Å². The number of rotatable bonds is 4. The predicted molar refractivity (Wildman–Crippen MR) is 47.4 cm³/mol. The Balaban J connectivity index is 4.02. The number of carbonyl (C=O) groups excluding carboxylic acids is 1.